The van der Waals surface area contributed by atoms with Crippen molar-refractivity contribution in [2.24, 2.45) is 0 Å². The molecule has 1 fully saturated rings. The Morgan fingerprint density at radius 2 is 2.04 bits per heavy atom. The number of rotatable bonds is 7. The summed E-state index contributed by atoms with van der Waals surface area (Å²) in [5.74, 6) is 0. The number of hydrogen-bond acceptors (Lipinski definition) is 3. The molecule has 2 atom stereocenters. The Morgan fingerprint density at radius 3 is 2.67 bits per heavy atom. The highest BCUT2D eigenvalue weighted by molar-refractivity contribution is 5.74. The number of carbonyl (C=O) groups excluding carboxylic acids is 1. The summed E-state index contributed by atoms with van der Waals surface area (Å²) in [4.78, 5) is 16.6. The third-order valence-corrected chi connectivity index (χ3v) is 4.56. The Kier molecular flexibility index (Phi) is 7.06. The lowest BCUT2D eigenvalue weighted by Crippen LogP contribution is -2.49. The van der Waals surface area contributed by atoms with Gasteiger partial charge in [0, 0.05) is 31.7 Å². The van der Waals surface area contributed by atoms with Gasteiger partial charge in [-0.25, -0.2) is 4.79 Å². The zero-order valence-electron chi connectivity index (χ0n) is 15.1. The third kappa shape index (κ3) is 5.49. The molecule has 2 amide bonds. The number of aliphatic hydroxyl groups excluding tert-OH is 1. The number of hydrogen-bond donors (Lipinski definition) is 2. The minimum absolute atomic E-state index is 0.0728. The van der Waals surface area contributed by atoms with Crippen LogP contribution in [0, 0.1) is 0 Å². The van der Waals surface area contributed by atoms with Crippen molar-refractivity contribution in [2.75, 3.05) is 19.6 Å². The predicted molar refractivity (Wildman–Crippen MR) is 96.8 cm³/mol. The van der Waals surface area contributed by atoms with Gasteiger partial charge in [0.1, 0.15) is 0 Å². The average Bonchev–Trinajstić information content (AvgIpc) is 2.98. The minimum Gasteiger partial charge on any atom is -0.392 e. The summed E-state index contributed by atoms with van der Waals surface area (Å²) in [6.07, 6.45) is 1.78. The number of carbonyl (C=O) groups is 1. The van der Waals surface area contributed by atoms with Gasteiger partial charge >= 0.3 is 6.03 Å². The van der Waals surface area contributed by atoms with Crippen molar-refractivity contribution in [3.8, 4) is 0 Å². The number of amides is 2. The second-order valence-corrected chi connectivity index (χ2v) is 7.03. The van der Waals surface area contributed by atoms with Crippen LogP contribution in [0.1, 0.15) is 39.2 Å². The zero-order chi connectivity index (χ0) is 17.5. The van der Waals surface area contributed by atoms with E-state index in [0.29, 0.717) is 19.1 Å². The van der Waals surface area contributed by atoms with E-state index in [4.69, 9.17) is 0 Å². The molecule has 0 radical (unpaired) electrons. The van der Waals surface area contributed by atoms with Gasteiger partial charge in [-0.3, -0.25) is 4.90 Å². The topological polar surface area (TPSA) is 55.8 Å². The molecule has 2 unspecified atom stereocenters. The molecular formula is C19H31N3O2. The summed E-state index contributed by atoms with van der Waals surface area (Å²) >= 11 is 0. The summed E-state index contributed by atoms with van der Waals surface area (Å²) < 4.78 is 0. The Bertz CT molecular complexity index is 505. The van der Waals surface area contributed by atoms with Crippen molar-refractivity contribution in [1.82, 2.24) is 15.1 Å². The zero-order valence-corrected chi connectivity index (χ0v) is 15.1. The predicted octanol–water partition coefficient (Wildman–Crippen LogP) is 2.45. The van der Waals surface area contributed by atoms with E-state index in [1.807, 2.05) is 19.9 Å². The first-order valence-electron chi connectivity index (χ1n) is 8.98. The molecule has 1 aliphatic heterocycles. The molecule has 1 saturated heterocycles. The molecule has 2 N–H and O–H groups in total. The van der Waals surface area contributed by atoms with E-state index in [-0.39, 0.29) is 12.1 Å². The second kappa shape index (κ2) is 9.04. The summed E-state index contributed by atoms with van der Waals surface area (Å²) in [6.45, 7) is 8.69. The number of nitrogens with zero attached hydrogens (tertiary/aromatic N) is 2. The number of urea groups is 1. The van der Waals surface area contributed by atoms with Crippen molar-refractivity contribution in [3.63, 3.8) is 0 Å². The van der Waals surface area contributed by atoms with Crippen LogP contribution >= 0.6 is 0 Å². The van der Waals surface area contributed by atoms with Crippen LogP contribution in [0.3, 0.4) is 0 Å². The monoisotopic (exact) mass is 333 g/mol. The highest BCUT2D eigenvalue weighted by Gasteiger charge is 2.26. The first kappa shape index (κ1) is 18.7. The molecule has 0 bridgehead atoms. The van der Waals surface area contributed by atoms with Gasteiger partial charge in [-0.1, -0.05) is 30.3 Å². The number of benzene rings is 1. The maximum Gasteiger partial charge on any atom is 0.317 e. The Balaban J connectivity index is 1.86. The minimum atomic E-state index is -0.515. The van der Waals surface area contributed by atoms with Crippen molar-refractivity contribution < 1.29 is 9.90 Å². The molecule has 0 saturated carbocycles. The molecule has 5 heteroatoms. The van der Waals surface area contributed by atoms with Crippen molar-refractivity contribution in [2.45, 2.75) is 58.3 Å². The van der Waals surface area contributed by atoms with Gasteiger partial charge in [0.2, 0.25) is 0 Å². The first-order valence-corrected chi connectivity index (χ1v) is 8.98. The van der Waals surface area contributed by atoms with E-state index in [1.165, 1.54) is 12.0 Å². The fourth-order valence-electron chi connectivity index (χ4n) is 3.27. The van der Waals surface area contributed by atoms with E-state index in [9.17, 15) is 9.90 Å². The van der Waals surface area contributed by atoms with Crippen LogP contribution in [0.2, 0.25) is 0 Å². The van der Waals surface area contributed by atoms with Gasteiger partial charge in [0.25, 0.3) is 0 Å². The molecule has 0 aliphatic carbocycles. The summed E-state index contributed by atoms with van der Waals surface area (Å²) in [5, 5.41) is 12.6. The fourth-order valence-corrected chi connectivity index (χ4v) is 3.27. The second-order valence-electron chi connectivity index (χ2n) is 7.03. The lowest BCUT2D eigenvalue weighted by molar-refractivity contribution is 0.117. The highest BCUT2D eigenvalue weighted by atomic mass is 16.3. The van der Waals surface area contributed by atoms with Gasteiger partial charge in [-0.15, -0.1) is 0 Å². The van der Waals surface area contributed by atoms with E-state index in [2.05, 4.69) is 34.5 Å². The van der Waals surface area contributed by atoms with Crippen molar-refractivity contribution in [1.29, 1.82) is 0 Å². The SMILES string of the molecule is CC(O)CN(C(=O)NCC1CCCN1Cc1ccccc1)C(C)C. The maximum atomic E-state index is 12.4. The number of likely N-dealkylation sites (tertiary alicyclic amines) is 1. The summed E-state index contributed by atoms with van der Waals surface area (Å²) in [5.41, 5.74) is 1.31. The normalized spacial score (nSPS) is 19.5. The van der Waals surface area contributed by atoms with Crippen LogP contribution in [0.25, 0.3) is 0 Å². The van der Waals surface area contributed by atoms with Gasteiger partial charge in [-0.05, 0) is 45.7 Å². The molecule has 2 rings (SSSR count). The molecule has 0 spiro atoms. The maximum absolute atomic E-state index is 12.4. The largest absolute Gasteiger partial charge is 0.392 e. The lowest BCUT2D eigenvalue weighted by atomic mass is 10.2. The molecule has 1 aromatic carbocycles. The fraction of sp³-hybridized carbons (Fsp3) is 0.632. The highest BCUT2D eigenvalue weighted by Crippen LogP contribution is 2.19. The Labute approximate surface area is 145 Å². The van der Waals surface area contributed by atoms with Crippen molar-refractivity contribution in [3.05, 3.63) is 35.9 Å². The smallest absolute Gasteiger partial charge is 0.317 e. The lowest BCUT2D eigenvalue weighted by Gasteiger charge is -2.30. The quantitative estimate of drug-likeness (QED) is 0.806. The van der Waals surface area contributed by atoms with Crippen LogP contribution in [0.15, 0.2) is 30.3 Å². The van der Waals surface area contributed by atoms with E-state index in [0.717, 1.165) is 19.5 Å². The molecule has 5 nitrogen and oxygen atoms in total. The average molecular weight is 333 g/mol. The van der Waals surface area contributed by atoms with Crippen LogP contribution < -0.4 is 5.32 Å². The van der Waals surface area contributed by atoms with E-state index < -0.39 is 6.10 Å². The van der Waals surface area contributed by atoms with Crippen LogP contribution in [-0.2, 0) is 6.54 Å². The van der Waals surface area contributed by atoms with Crippen molar-refractivity contribution >= 4 is 6.03 Å². The molecule has 1 heterocycles. The van der Waals surface area contributed by atoms with Crippen LogP contribution in [0.4, 0.5) is 4.79 Å². The van der Waals surface area contributed by atoms with E-state index in [1.54, 1.807) is 11.8 Å². The summed E-state index contributed by atoms with van der Waals surface area (Å²) in [6, 6.07) is 10.8. The van der Waals surface area contributed by atoms with E-state index >= 15 is 0 Å². The molecule has 1 aliphatic rings. The number of aliphatic hydroxyl groups is 1. The third-order valence-electron chi connectivity index (χ3n) is 4.56. The Morgan fingerprint density at radius 1 is 1.33 bits per heavy atom. The molecule has 24 heavy (non-hydrogen) atoms. The number of nitrogens with one attached hydrogen (secondary N) is 1. The molecular weight excluding hydrogens is 302 g/mol. The molecule has 1 aromatic rings. The van der Waals surface area contributed by atoms with Gasteiger partial charge in [0.15, 0.2) is 0 Å². The van der Waals surface area contributed by atoms with Gasteiger partial charge in [-0.2, -0.15) is 0 Å². The van der Waals surface area contributed by atoms with Crippen LogP contribution in [-0.4, -0.2) is 58.8 Å². The van der Waals surface area contributed by atoms with Gasteiger partial charge < -0.3 is 15.3 Å². The Hall–Kier alpha value is -1.59. The standard InChI is InChI=1S/C19H31N3O2/c1-15(2)22(13-16(3)23)19(24)20-12-18-10-7-11-21(18)14-17-8-5-4-6-9-17/h4-6,8-9,15-16,18,23H,7,10-14H2,1-3H3,(H,20,24). The van der Waals surface area contributed by atoms with Crippen LogP contribution in [0.5, 0.6) is 0 Å². The summed E-state index contributed by atoms with van der Waals surface area (Å²) in [7, 11) is 0. The molecule has 0 aromatic heterocycles. The molecule has 134 valence electrons. The first-order chi connectivity index (χ1) is 11.5. The van der Waals surface area contributed by atoms with Gasteiger partial charge in [0.05, 0.1) is 6.10 Å².